The normalized spacial score (nSPS) is 14.4. The molecule has 1 aromatic heterocycles. The molecule has 5 heteroatoms. The summed E-state index contributed by atoms with van der Waals surface area (Å²) in [4.78, 5) is 15.0. The molecule has 0 aromatic carbocycles. The molecule has 0 aliphatic rings. The number of likely N-dealkylation sites (N-methyl/N-ethyl adjacent to an activating group) is 1. The number of nitrogens with one attached hydrogen (secondary N) is 1. The van der Waals surface area contributed by atoms with Crippen LogP contribution >= 0.6 is 0 Å². The predicted molar refractivity (Wildman–Crippen MR) is 67.2 cm³/mol. The number of hydrogen-bond donors (Lipinski definition) is 1. The van der Waals surface area contributed by atoms with Crippen molar-refractivity contribution in [3.8, 4) is 0 Å². The Morgan fingerprint density at radius 2 is 2.24 bits per heavy atom. The molecule has 5 nitrogen and oxygen atoms in total. The lowest BCUT2D eigenvalue weighted by atomic mass is 9.92. The zero-order valence-electron chi connectivity index (χ0n) is 10.7. The van der Waals surface area contributed by atoms with Crippen LogP contribution < -0.4 is 5.32 Å². The van der Waals surface area contributed by atoms with Gasteiger partial charge in [0.25, 0.3) is 5.69 Å². The average Bonchev–Trinajstić information content (AvgIpc) is 2.29. The van der Waals surface area contributed by atoms with Gasteiger partial charge in [0.2, 0.25) is 0 Å². The second kappa shape index (κ2) is 5.72. The maximum atomic E-state index is 11.1. The minimum Gasteiger partial charge on any atom is -0.317 e. The summed E-state index contributed by atoms with van der Waals surface area (Å²) < 4.78 is 0. The van der Waals surface area contributed by atoms with Gasteiger partial charge in [0.15, 0.2) is 0 Å². The van der Waals surface area contributed by atoms with E-state index in [-0.39, 0.29) is 22.6 Å². The minimum atomic E-state index is -0.331. The van der Waals surface area contributed by atoms with Crippen LogP contribution in [0.4, 0.5) is 5.69 Å². The van der Waals surface area contributed by atoms with E-state index in [2.05, 4.69) is 10.3 Å². The van der Waals surface area contributed by atoms with E-state index in [1.165, 1.54) is 0 Å². The number of pyridine rings is 1. The third-order valence-corrected chi connectivity index (χ3v) is 3.19. The highest BCUT2D eigenvalue weighted by Gasteiger charge is 2.27. The van der Waals surface area contributed by atoms with Crippen molar-refractivity contribution in [3.05, 3.63) is 33.6 Å². The molecule has 0 bridgehead atoms. The highest BCUT2D eigenvalue weighted by Crippen LogP contribution is 2.31. The van der Waals surface area contributed by atoms with E-state index in [0.717, 1.165) is 6.42 Å². The van der Waals surface area contributed by atoms with Crippen LogP contribution in [0, 0.1) is 17.0 Å². The summed E-state index contributed by atoms with van der Waals surface area (Å²) in [6.45, 7) is 5.79. The molecule has 0 radical (unpaired) electrons. The first-order valence-electron chi connectivity index (χ1n) is 5.80. The summed E-state index contributed by atoms with van der Waals surface area (Å²) in [5.41, 5.74) is 1.41. The van der Waals surface area contributed by atoms with Crippen LogP contribution in [0.5, 0.6) is 0 Å². The van der Waals surface area contributed by atoms with Crippen molar-refractivity contribution in [1.29, 1.82) is 0 Å². The average molecular weight is 237 g/mol. The molecule has 1 aromatic rings. The first kappa shape index (κ1) is 13.6. The van der Waals surface area contributed by atoms with Gasteiger partial charge in [-0.1, -0.05) is 6.92 Å². The maximum Gasteiger partial charge on any atom is 0.293 e. The second-order valence-corrected chi connectivity index (χ2v) is 4.21. The van der Waals surface area contributed by atoms with E-state index in [0.29, 0.717) is 11.3 Å². The number of hydrogen-bond acceptors (Lipinski definition) is 4. The van der Waals surface area contributed by atoms with Crippen LogP contribution in [0.3, 0.4) is 0 Å². The molecule has 0 saturated carbocycles. The molecule has 0 fully saturated rings. The number of aromatic nitrogens is 1. The molecule has 1 rings (SSSR count). The third-order valence-electron chi connectivity index (χ3n) is 3.19. The summed E-state index contributed by atoms with van der Waals surface area (Å²) in [7, 11) is 1.86. The van der Waals surface area contributed by atoms with Gasteiger partial charge in [-0.3, -0.25) is 15.1 Å². The molecule has 2 atom stereocenters. The molecule has 1 heterocycles. The van der Waals surface area contributed by atoms with Crippen molar-refractivity contribution in [1.82, 2.24) is 10.3 Å². The first-order chi connectivity index (χ1) is 8.02. The van der Waals surface area contributed by atoms with E-state index < -0.39 is 0 Å². The van der Waals surface area contributed by atoms with E-state index in [1.54, 1.807) is 19.2 Å². The van der Waals surface area contributed by atoms with Gasteiger partial charge in [0, 0.05) is 23.7 Å². The maximum absolute atomic E-state index is 11.1. The fourth-order valence-electron chi connectivity index (χ4n) is 2.07. The third kappa shape index (κ3) is 2.79. The van der Waals surface area contributed by atoms with Crippen LogP contribution in [-0.4, -0.2) is 23.0 Å². The molecule has 0 aliphatic heterocycles. The Bertz CT molecular complexity index is 407. The molecule has 1 N–H and O–H groups in total. The Balaban J connectivity index is 3.28. The highest BCUT2D eigenvalue weighted by molar-refractivity contribution is 5.45. The molecule has 0 aliphatic carbocycles. The molecule has 0 amide bonds. The van der Waals surface area contributed by atoms with E-state index >= 15 is 0 Å². The topological polar surface area (TPSA) is 68.1 Å². The van der Waals surface area contributed by atoms with Crippen molar-refractivity contribution in [2.24, 2.45) is 0 Å². The lowest BCUT2D eigenvalue weighted by Crippen LogP contribution is -2.29. The highest BCUT2D eigenvalue weighted by atomic mass is 16.6. The molecular formula is C12H19N3O2. The van der Waals surface area contributed by atoms with Gasteiger partial charge in [-0.25, -0.2) is 0 Å². The summed E-state index contributed by atoms with van der Waals surface area (Å²) in [6, 6.07) is 1.84. The summed E-state index contributed by atoms with van der Waals surface area (Å²) in [5, 5.41) is 14.3. The quantitative estimate of drug-likeness (QED) is 0.630. The Hall–Kier alpha value is -1.49. The van der Waals surface area contributed by atoms with E-state index in [4.69, 9.17) is 0 Å². The monoisotopic (exact) mass is 237 g/mol. The minimum absolute atomic E-state index is 0.0558. The van der Waals surface area contributed by atoms with Crippen molar-refractivity contribution in [2.45, 2.75) is 39.2 Å². The van der Waals surface area contributed by atoms with Crippen LogP contribution in [-0.2, 0) is 0 Å². The van der Waals surface area contributed by atoms with Gasteiger partial charge in [-0.2, -0.15) is 0 Å². The van der Waals surface area contributed by atoms with Crippen LogP contribution in [0.25, 0.3) is 0 Å². The van der Waals surface area contributed by atoms with E-state index in [9.17, 15) is 10.1 Å². The number of aryl methyl sites for hydroxylation is 1. The molecule has 0 spiro atoms. The standard InChI is InChI=1S/C12H19N3O2/c1-5-10(9(3)13-4)11-12(15(16)17)8(2)6-7-14-11/h6-7,9-10,13H,5H2,1-4H3. The van der Waals surface area contributed by atoms with Gasteiger partial charge < -0.3 is 5.32 Å². The molecule has 94 valence electrons. The zero-order valence-corrected chi connectivity index (χ0v) is 10.7. The molecule has 0 saturated heterocycles. The fraction of sp³-hybridized carbons (Fsp3) is 0.583. The van der Waals surface area contributed by atoms with Gasteiger partial charge in [-0.05, 0) is 33.4 Å². The Kier molecular flexibility index (Phi) is 4.57. The smallest absolute Gasteiger partial charge is 0.293 e. The van der Waals surface area contributed by atoms with Crippen LogP contribution in [0.15, 0.2) is 12.3 Å². The van der Waals surface area contributed by atoms with Crippen LogP contribution in [0.2, 0.25) is 0 Å². The summed E-state index contributed by atoms with van der Waals surface area (Å²) >= 11 is 0. The lowest BCUT2D eigenvalue weighted by Gasteiger charge is -2.21. The van der Waals surface area contributed by atoms with Crippen molar-refractivity contribution < 1.29 is 4.92 Å². The van der Waals surface area contributed by atoms with Gasteiger partial charge in [0.05, 0.1) is 4.92 Å². The van der Waals surface area contributed by atoms with Crippen LogP contribution in [0.1, 0.15) is 37.4 Å². The molecular weight excluding hydrogens is 218 g/mol. The van der Waals surface area contributed by atoms with Crippen molar-refractivity contribution in [2.75, 3.05) is 7.05 Å². The Morgan fingerprint density at radius 1 is 1.59 bits per heavy atom. The molecule has 2 unspecified atom stereocenters. The van der Waals surface area contributed by atoms with Crippen molar-refractivity contribution in [3.63, 3.8) is 0 Å². The Labute approximate surface area is 101 Å². The largest absolute Gasteiger partial charge is 0.317 e. The summed E-state index contributed by atoms with van der Waals surface area (Å²) in [5.74, 6) is 0.0558. The van der Waals surface area contributed by atoms with Gasteiger partial charge in [-0.15, -0.1) is 0 Å². The lowest BCUT2D eigenvalue weighted by molar-refractivity contribution is -0.386. The second-order valence-electron chi connectivity index (χ2n) is 4.21. The number of rotatable bonds is 5. The predicted octanol–water partition coefficient (Wildman–Crippen LogP) is 2.40. The SMILES string of the molecule is CCC(c1nccc(C)c1[N+](=O)[O-])C(C)NC. The van der Waals surface area contributed by atoms with Crippen molar-refractivity contribution >= 4 is 5.69 Å². The summed E-state index contributed by atoms with van der Waals surface area (Å²) in [6.07, 6.45) is 2.46. The number of nitrogens with zero attached hydrogens (tertiary/aromatic N) is 2. The van der Waals surface area contributed by atoms with Gasteiger partial charge >= 0.3 is 0 Å². The van der Waals surface area contributed by atoms with E-state index in [1.807, 2.05) is 20.9 Å². The fourth-order valence-corrected chi connectivity index (χ4v) is 2.07. The number of nitro groups is 1. The zero-order chi connectivity index (χ0) is 13.0. The molecule has 17 heavy (non-hydrogen) atoms. The first-order valence-corrected chi connectivity index (χ1v) is 5.80. The van der Waals surface area contributed by atoms with Gasteiger partial charge in [0.1, 0.15) is 5.69 Å². The Morgan fingerprint density at radius 3 is 2.71 bits per heavy atom.